The molecule has 20 heavy (non-hydrogen) atoms. The summed E-state index contributed by atoms with van der Waals surface area (Å²) < 4.78 is 7.80. The first kappa shape index (κ1) is 13.6. The highest BCUT2D eigenvalue weighted by Gasteiger charge is 2.21. The minimum atomic E-state index is 0.160. The molecule has 1 aromatic rings. The van der Waals surface area contributed by atoms with Gasteiger partial charge >= 0.3 is 0 Å². The Hall–Kier alpha value is -1.36. The zero-order valence-corrected chi connectivity index (χ0v) is 11.9. The van der Waals surface area contributed by atoms with Crippen molar-refractivity contribution in [1.82, 2.24) is 14.9 Å². The monoisotopic (exact) mass is 277 g/mol. The minimum Gasteiger partial charge on any atom is -0.378 e. The van der Waals surface area contributed by atoms with Crippen molar-refractivity contribution in [3.63, 3.8) is 0 Å². The van der Waals surface area contributed by atoms with E-state index in [1.165, 1.54) is 6.42 Å². The molecule has 0 bridgehead atoms. The molecule has 0 unspecified atom stereocenters. The average Bonchev–Trinajstić information content (AvgIpc) is 2.94. The number of carbonyl (C=O) groups excluding carboxylic acids is 1. The van der Waals surface area contributed by atoms with Crippen LogP contribution in [0.5, 0.6) is 0 Å². The van der Waals surface area contributed by atoms with Crippen molar-refractivity contribution in [2.24, 2.45) is 0 Å². The number of aryl methyl sites for hydroxylation is 1. The number of aromatic nitrogens is 2. The molecule has 3 heterocycles. The third-order valence-electron chi connectivity index (χ3n) is 4.27. The lowest BCUT2D eigenvalue weighted by atomic mass is 10.0. The summed E-state index contributed by atoms with van der Waals surface area (Å²) in [6.45, 7) is 1.71. The predicted molar refractivity (Wildman–Crippen MR) is 75.3 cm³/mol. The molecule has 0 spiro atoms. The maximum atomic E-state index is 12.0. The molecule has 0 radical (unpaired) electrons. The number of nitrogens with one attached hydrogen (secondary N) is 1. The molecule has 1 aromatic heterocycles. The quantitative estimate of drug-likeness (QED) is 0.910. The van der Waals surface area contributed by atoms with Gasteiger partial charge in [0.05, 0.1) is 6.10 Å². The summed E-state index contributed by atoms with van der Waals surface area (Å²) >= 11 is 0. The Bertz CT molecular complexity index is 452. The molecule has 2 aliphatic rings. The first-order valence-corrected chi connectivity index (χ1v) is 7.72. The zero-order valence-electron chi connectivity index (χ0n) is 11.9. The van der Waals surface area contributed by atoms with Crippen LogP contribution in [-0.4, -0.2) is 34.2 Å². The molecular formula is C15H23N3O2. The Balaban J connectivity index is 1.41. The number of rotatable bonds is 4. The van der Waals surface area contributed by atoms with E-state index in [-0.39, 0.29) is 11.9 Å². The van der Waals surface area contributed by atoms with Gasteiger partial charge in [0.2, 0.25) is 5.91 Å². The third-order valence-corrected chi connectivity index (χ3v) is 4.27. The van der Waals surface area contributed by atoms with Crippen LogP contribution in [0.15, 0.2) is 12.4 Å². The Kier molecular flexibility index (Phi) is 4.35. The van der Waals surface area contributed by atoms with Gasteiger partial charge in [-0.3, -0.25) is 4.79 Å². The number of ether oxygens (including phenoxy) is 1. The standard InChI is InChI=1S/C15H23N3O2/c19-15(7-5-13-3-1-2-10-20-13)17-12-4-6-14-16-8-9-18(14)11-12/h8-9,12-13H,1-7,10-11H2,(H,17,19)/t12-,13+/m1/s1. The fourth-order valence-electron chi connectivity index (χ4n) is 3.11. The van der Waals surface area contributed by atoms with Crippen molar-refractivity contribution in [1.29, 1.82) is 0 Å². The molecule has 5 heteroatoms. The Morgan fingerprint density at radius 3 is 3.25 bits per heavy atom. The van der Waals surface area contributed by atoms with Crippen LogP contribution in [0.1, 0.15) is 44.3 Å². The second-order valence-corrected chi connectivity index (χ2v) is 5.83. The van der Waals surface area contributed by atoms with Gasteiger partial charge < -0.3 is 14.6 Å². The number of nitrogens with zero attached hydrogens (tertiary/aromatic N) is 2. The molecule has 2 aliphatic heterocycles. The molecule has 1 N–H and O–H groups in total. The highest BCUT2D eigenvalue weighted by atomic mass is 16.5. The highest BCUT2D eigenvalue weighted by Crippen LogP contribution is 2.17. The van der Waals surface area contributed by atoms with Crippen molar-refractivity contribution >= 4 is 5.91 Å². The molecule has 1 saturated heterocycles. The van der Waals surface area contributed by atoms with Crippen LogP contribution in [0, 0.1) is 0 Å². The fraction of sp³-hybridized carbons (Fsp3) is 0.733. The SMILES string of the molecule is O=C(CC[C@@H]1CCCCO1)N[C@@H]1CCc2nccn2C1. The molecule has 2 atom stereocenters. The van der Waals surface area contributed by atoms with Gasteiger partial charge in [-0.1, -0.05) is 0 Å². The summed E-state index contributed by atoms with van der Waals surface area (Å²) in [5, 5.41) is 3.15. The van der Waals surface area contributed by atoms with E-state index in [1.807, 2.05) is 12.4 Å². The van der Waals surface area contributed by atoms with Crippen LogP contribution in [0.3, 0.4) is 0 Å². The van der Waals surface area contributed by atoms with E-state index in [9.17, 15) is 4.79 Å². The molecule has 1 fully saturated rings. The van der Waals surface area contributed by atoms with E-state index in [0.717, 1.165) is 51.1 Å². The topological polar surface area (TPSA) is 56.1 Å². The highest BCUT2D eigenvalue weighted by molar-refractivity contribution is 5.76. The first-order chi connectivity index (χ1) is 9.81. The van der Waals surface area contributed by atoms with Gasteiger partial charge in [0.15, 0.2) is 0 Å². The van der Waals surface area contributed by atoms with E-state index in [2.05, 4.69) is 14.9 Å². The average molecular weight is 277 g/mol. The normalized spacial score (nSPS) is 26.0. The Labute approximate surface area is 119 Å². The van der Waals surface area contributed by atoms with E-state index in [4.69, 9.17) is 4.74 Å². The van der Waals surface area contributed by atoms with E-state index in [1.54, 1.807) is 0 Å². The molecule has 0 aliphatic carbocycles. The van der Waals surface area contributed by atoms with Gasteiger partial charge in [0.1, 0.15) is 5.82 Å². The number of imidazole rings is 1. The number of amides is 1. The van der Waals surface area contributed by atoms with Crippen molar-refractivity contribution in [2.75, 3.05) is 6.61 Å². The zero-order chi connectivity index (χ0) is 13.8. The van der Waals surface area contributed by atoms with Gasteiger partial charge in [-0.2, -0.15) is 0 Å². The van der Waals surface area contributed by atoms with Crippen LogP contribution in [0.4, 0.5) is 0 Å². The van der Waals surface area contributed by atoms with Crippen molar-refractivity contribution in [2.45, 2.75) is 63.6 Å². The van der Waals surface area contributed by atoms with Gasteiger partial charge in [-0.25, -0.2) is 4.98 Å². The van der Waals surface area contributed by atoms with Crippen molar-refractivity contribution < 1.29 is 9.53 Å². The summed E-state index contributed by atoms with van der Waals surface area (Å²) in [6, 6.07) is 0.247. The summed E-state index contributed by atoms with van der Waals surface area (Å²) in [6.07, 6.45) is 11.0. The van der Waals surface area contributed by atoms with Gasteiger partial charge in [0, 0.05) is 44.4 Å². The van der Waals surface area contributed by atoms with Crippen molar-refractivity contribution in [3.05, 3.63) is 18.2 Å². The van der Waals surface area contributed by atoms with Gasteiger partial charge in [-0.15, -0.1) is 0 Å². The van der Waals surface area contributed by atoms with Crippen molar-refractivity contribution in [3.8, 4) is 0 Å². The molecule has 0 aromatic carbocycles. The number of hydrogen-bond acceptors (Lipinski definition) is 3. The molecule has 5 nitrogen and oxygen atoms in total. The second kappa shape index (κ2) is 6.39. The lowest BCUT2D eigenvalue weighted by molar-refractivity contribution is -0.123. The number of hydrogen-bond donors (Lipinski definition) is 1. The van der Waals surface area contributed by atoms with Crippen LogP contribution >= 0.6 is 0 Å². The predicted octanol–water partition coefficient (Wildman–Crippen LogP) is 1.66. The lowest BCUT2D eigenvalue weighted by Gasteiger charge is -2.26. The number of fused-ring (bicyclic) bond motifs is 1. The van der Waals surface area contributed by atoms with Crippen LogP contribution in [-0.2, 0) is 22.5 Å². The molecule has 3 rings (SSSR count). The Morgan fingerprint density at radius 1 is 1.45 bits per heavy atom. The van der Waals surface area contributed by atoms with E-state index >= 15 is 0 Å². The first-order valence-electron chi connectivity index (χ1n) is 7.72. The molecule has 110 valence electrons. The van der Waals surface area contributed by atoms with Gasteiger partial charge in [-0.05, 0) is 32.1 Å². The summed E-state index contributed by atoms with van der Waals surface area (Å²) in [5.41, 5.74) is 0. The van der Waals surface area contributed by atoms with Crippen LogP contribution in [0.2, 0.25) is 0 Å². The maximum Gasteiger partial charge on any atom is 0.220 e. The van der Waals surface area contributed by atoms with Crippen LogP contribution < -0.4 is 5.32 Å². The molecule has 1 amide bonds. The van der Waals surface area contributed by atoms with E-state index in [0.29, 0.717) is 12.5 Å². The largest absolute Gasteiger partial charge is 0.378 e. The minimum absolute atomic E-state index is 0.160. The lowest BCUT2D eigenvalue weighted by Crippen LogP contribution is -2.41. The van der Waals surface area contributed by atoms with Gasteiger partial charge in [0.25, 0.3) is 0 Å². The maximum absolute atomic E-state index is 12.0. The van der Waals surface area contributed by atoms with Crippen LogP contribution in [0.25, 0.3) is 0 Å². The van der Waals surface area contributed by atoms with E-state index < -0.39 is 0 Å². The second-order valence-electron chi connectivity index (χ2n) is 5.83. The summed E-state index contributed by atoms with van der Waals surface area (Å²) in [4.78, 5) is 16.3. The molecule has 0 saturated carbocycles. The fourth-order valence-corrected chi connectivity index (χ4v) is 3.11. The number of carbonyl (C=O) groups is 1. The third kappa shape index (κ3) is 3.39. The summed E-state index contributed by atoms with van der Waals surface area (Å²) in [5.74, 6) is 1.29. The summed E-state index contributed by atoms with van der Waals surface area (Å²) in [7, 11) is 0. The Morgan fingerprint density at radius 2 is 2.40 bits per heavy atom. The molecular weight excluding hydrogens is 254 g/mol. The smallest absolute Gasteiger partial charge is 0.220 e.